The molecule has 8 N–H and O–H groups in total. The molecule has 0 saturated carbocycles. The summed E-state index contributed by atoms with van der Waals surface area (Å²) in [6, 6.07) is 22.5. The molecule has 1 heterocycles. The first kappa shape index (κ1) is 41.3. The number of aromatic nitrogens is 1. The van der Waals surface area contributed by atoms with Crippen molar-refractivity contribution in [1.29, 1.82) is 0 Å². The van der Waals surface area contributed by atoms with Crippen molar-refractivity contribution in [1.82, 2.24) is 26.3 Å². The number of aliphatic imine (C=N–C) groups is 1. The van der Waals surface area contributed by atoms with Crippen molar-refractivity contribution in [3.8, 4) is 0 Å². The number of nitrogens with one attached hydrogen (secondary N) is 4. The van der Waals surface area contributed by atoms with Crippen LogP contribution in [0.3, 0.4) is 0 Å². The highest BCUT2D eigenvalue weighted by Gasteiger charge is 2.40. The topological polar surface area (TPSA) is 211 Å². The lowest BCUT2D eigenvalue weighted by Gasteiger charge is -2.34. The minimum Gasteiger partial charge on any atom is -0.370 e. The van der Waals surface area contributed by atoms with Crippen molar-refractivity contribution in [3.63, 3.8) is 0 Å². The number of amides is 4. The van der Waals surface area contributed by atoms with E-state index in [4.69, 9.17) is 11.5 Å². The first-order valence-electron chi connectivity index (χ1n) is 17.7. The molecule has 0 unspecified atom stereocenters. The Kier molecular flexibility index (Phi) is 15.0. The van der Waals surface area contributed by atoms with E-state index in [-0.39, 0.29) is 49.1 Å². The Morgan fingerprint density at radius 3 is 2.06 bits per heavy atom. The van der Waals surface area contributed by atoms with Gasteiger partial charge >= 0.3 is 0 Å². The van der Waals surface area contributed by atoms with Gasteiger partial charge in [-0.15, -0.1) is 11.3 Å². The van der Waals surface area contributed by atoms with Gasteiger partial charge in [0.25, 0.3) is 0 Å². The molecule has 15 heteroatoms. The maximum atomic E-state index is 14.4. The number of hydrogen-bond acceptors (Lipinski definition) is 8. The molecular formula is C39H47N8O5SSi. The Hall–Kier alpha value is -5.41. The predicted octanol–water partition coefficient (Wildman–Crippen LogP) is 2.52. The zero-order chi connectivity index (χ0) is 39.3. The second kappa shape index (κ2) is 19.6. The number of nitrogens with two attached hydrogens (primary N) is 2. The molecule has 4 aromatic rings. The van der Waals surface area contributed by atoms with Crippen LogP contribution in [0.5, 0.6) is 0 Å². The number of nitrogens with zero attached hydrogens (tertiary/aromatic N) is 2. The highest BCUT2D eigenvalue weighted by molar-refractivity contribution is 7.20. The van der Waals surface area contributed by atoms with Crippen LogP contribution >= 0.6 is 11.3 Å². The van der Waals surface area contributed by atoms with Gasteiger partial charge in [-0.2, -0.15) is 0 Å². The lowest BCUT2D eigenvalue weighted by atomic mass is 9.99. The molecule has 0 spiro atoms. The van der Waals surface area contributed by atoms with Crippen LogP contribution < -0.4 is 32.7 Å². The van der Waals surface area contributed by atoms with Crippen LogP contribution in [0.25, 0.3) is 10.2 Å². The molecular weight excluding hydrogens is 721 g/mol. The van der Waals surface area contributed by atoms with Crippen LogP contribution in [0, 0.1) is 5.92 Å². The number of thiazole rings is 1. The maximum absolute atomic E-state index is 14.4. The van der Waals surface area contributed by atoms with Crippen molar-refractivity contribution >= 4 is 67.2 Å². The number of benzene rings is 3. The molecule has 4 amide bonds. The van der Waals surface area contributed by atoms with Gasteiger partial charge < -0.3 is 32.7 Å². The average Bonchev–Trinajstić information content (AvgIpc) is 3.57. The molecule has 54 heavy (non-hydrogen) atoms. The van der Waals surface area contributed by atoms with Crippen molar-refractivity contribution in [2.24, 2.45) is 22.4 Å². The molecule has 0 saturated heterocycles. The molecule has 0 aliphatic heterocycles. The molecule has 13 nitrogen and oxygen atoms in total. The lowest BCUT2D eigenvalue weighted by Crippen LogP contribution is -2.66. The van der Waals surface area contributed by atoms with Gasteiger partial charge in [-0.3, -0.25) is 29.0 Å². The standard InChI is InChI=1S/C39H47N8O5SSi/c1-24(2)21-30(44-34(50)31(43-25(3)48)22-26-13-6-4-7-14-26)35(51)47-39(54,23-27-15-8-5-9-16-27)37(52)46-29(18-12-20-42-38(40)41)33(49)36-45-28-17-10-11-19-32(28)53-36/h4-11,13-17,19,24,29-31H,12,18,20-23H2,1-3H3,(H,43,48)(H,44,50)(H,46,52)(H,47,51)(H4,40,41,42)/t29-,30-,31-,39-/m0/s1. The number of hydrogen-bond donors (Lipinski definition) is 6. The van der Waals surface area contributed by atoms with Crippen molar-refractivity contribution < 1.29 is 24.0 Å². The smallest absolute Gasteiger partial charge is 0.243 e. The number of carbonyl (C=O) groups excluding carboxylic acids is 5. The summed E-state index contributed by atoms with van der Waals surface area (Å²) >= 11 is 1.22. The van der Waals surface area contributed by atoms with Crippen LogP contribution in [-0.4, -0.2) is 80.4 Å². The van der Waals surface area contributed by atoms with Crippen molar-refractivity contribution in [2.75, 3.05) is 6.54 Å². The maximum Gasteiger partial charge on any atom is 0.243 e. The second-order valence-electron chi connectivity index (χ2n) is 13.5. The van der Waals surface area contributed by atoms with Crippen LogP contribution in [0.1, 0.15) is 61.0 Å². The Morgan fingerprint density at radius 1 is 0.815 bits per heavy atom. The van der Waals surface area contributed by atoms with E-state index in [1.54, 1.807) is 6.07 Å². The summed E-state index contributed by atoms with van der Waals surface area (Å²) in [7, 11) is 3.64. The third-order valence-electron chi connectivity index (χ3n) is 8.42. The highest BCUT2D eigenvalue weighted by atomic mass is 32.1. The van der Waals surface area contributed by atoms with Gasteiger partial charge in [-0.25, -0.2) is 4.98 Å². The zero-order valence-electron chi connectivity index (χ0n) is 30.6. The van der Waals surface area contributed by atoms with E-state index in [1.165, 1.54) is 18.3 Å². The minimum absolute atomic E-state index is 0.0107. The number of ketones is 1. The molecule has 0 bridgehead atoms. The third-order valence-corrected chi connectivity index (χ3v) is 10.0. The van der Waals surface area contributed by atoms with E-state index in [9.17, 15) is 24.0 Å². The van der Waals surface area contributed by atoms with Gasteiger partial charge in [0.15, 0.2) is 11.0 Å². The Labute approximate surface area is 322 Å². The number of para-hydroxylation sites is 1. The summed E-state index contributed by atoms with van der Waals surface area (Å²) in [5, 5.41) is 9.68. The molecule has 4 rings (SSSR count). The molecule has 0 aliphatic carbocycles. The van der Waals surface area contributed by atoms with E-state index in [1.807, 2.05) is 92.7 Å². The largest absolute Gasteiger partial charge is 0.370 e. The van der Waals surface area contributed by atoms with Crippen molar-refractivity contribution in [3.05, 3.63) is 101 Å². The quantitative estimate of drug-likeness (QED) is 0.0274. The van der Waals surface area contributed by atoms with Crippen LogP contribution in [0.4, 0.5) is 0 Å². The number of rotatable bonds is 19. The third kappa shape index (κ3) is 12.3. The number of fused-ring (bicyclic) bond motifs is 1. The first-order valence-corrected chi connectivity index (χ1v) is 19.0. The van der Waals surface area contributed by atoms with Gasteiger partial charge in [-0.1, -0.05) is 86.6 Å². The predicted molar refractivity (Wildman–Crippen MR) is 212 cm³/mol. The summed E-state index contributed by atoms with van der Waals surface area (Å²) in [6.07, 6.45) is 0.961. The SMILES string of the molecule is CC(=O)N[C@@H](Cc1ccccc1)C(=O)N[C@@H](CC(C)C)C(=O)N[C@]([Si])(Cc1ccccc1)C(=O)N[C@@H](CCCN=C(N)N)C(=O)c1nc2ccccc2s1. The van der Waals surface area contributed by atoms with Crippen LogP contribution in [0.15, 0.2) is 89.9 Å². The zero-order valence-corrected chi connectivity index (χ0v) is 32.5. The van der Waals surface area contributed by atoms with Crippen LogP contribution in [-0.2, 0) is 32.0 Å². The van der Waals surface area contributed by atoms with E-state index < -0.39 is 52.7 Å². The molecule has 1 aromatic heterocycles. The summed E-state index contributed by atoms with van der Waals surface area (Å²) in [5.74, 6) is -2.81. The molecule has 0 fully saturated rings. The summed E-state index contributed by atoms with van der Waals surface area (Å²) in [6.45, 7) is 5.35. The van der Waals surface area contributed by atoms with E-state index in [0.717, 1.165) is 10.3 Å². The number of carbonyl (C=O) groups is 5. The fraction of sp³-hybridized carbons (Fsp3) is 0.359. The number of guanidine groups is 1. The van der Waals surface area contributed by atoms with E-state index >= 15 is 0 Å². The van der Waals surface area contributed by atoms with Crippen molar-refractivity contribution in [2.45, 2.75) is 76.2 Å². The fourth-order valence-corrected chi connectivity index (χ4v) is 7.20. The molecule has 4 atom stereocenters. The normalized spacial score (nSPS) is 13.9. The van der Waals surface area contributed by atoms with Gasteiger partial charge in [0, 0.05) is 26.3 Å². The fourth-order valence-electron chi connectivity index (χ4n) is 5.84. The molecule has 3 aromatic carbocycles. The summed E-state index contributed by atoms with van der Waals surface area (Å²) < 4.78 is 0.819. The first-order chi connectivity index (χ1) is 25.7. The summed E-state index contributed by atoms with van der Waals surface area (Å²) in [4.78, 5) is 76.9. The molecule has 283 valence electrons. The molecule has 3 radical (unpaired) electrons. The van der Waals surface area contributed by atoms with E-state index in [0.29, 0.717) is 17.5 Å². The van der Waals surface area contributed by atoms with Gasteiger partial charge in [0.1, 0.15) is 17.2 Å². The lowest BCUT2D eigenvalue weighted by molar-refractivity contribution is -0.134. The Balaban J connectivity index is 1.62. The Bertz CT molecular complexity index is 1900. The van der Waals surface area contributed by atoms with E-state index in [2.05, 4.69) is 41.5 Å². The Morgan fingerprint density at radius 2 is 1.44 bits per heavy atom. The van der Waals surface area contributed by atoms with Gasteiger partial charge in [0.2, 0.25) is 29.4 Å². The minimum atomic E-state index is -1.77. The van der Waals surface area contributed by atoms with Gasteiger partial charge in [-0.05, 0) is 48.4 Å². The average molecular weight is 768 g/mol. The molecule has 0 aliphatic rings. The van der Waals surface area contributed by atoms with Crippen LogP contribution in [0.2, 0.25) is 0 Å². The summed E-state index contributed by atoms with van der Waals surface area (Å²) in [5.41, 5.74) is 13.2. The highest BCUT2D eigenvalue weighted by Crippen LogP contribution is 2.24. The second-order valence-corrected chi connectivity index (χ2v) is 15.4. The van der Waals surface area contributed by atoms with Gasteiger partial charge in [0.05, 0.1) is 26.5 Å². The number of Topliss-reactive ketones (excluding diaryl/α,β-unsaturated/α-hetero) is 1. The monoisotopic (exact) mass is 767 g/mol.